The summed E-state index contributed by atoms with van der Waals surface area (Å²) in [4.78, 5) is 27.4. The van der Waals surface area contributed by atoms with Crippen LogP contribution < -0.4 is 15.0 Å². The molecule has 0 fully saturated rings. The number of carbonyl (C=O) groups excluding carboxylic acids is 2. The van der Waals surface area contributed by atoms with Crippen LogP contribution in [0.3, 0.4) is 0 Å². The molecule has 0 saturated heterocycles. The molecule has 1 aliphatic heterocycles. The van der Waals surface area contributed by atoms with E-state index in [4.69, 9.17) is 16.3 Å². The van der Waals surface area contributed by atoms with Crippen molar-refractivity contribution >= 4 is 35.2 Å². The minimum Gasteiger partial charge on any atom is -0.449 e. The zero-order valence-corrected chi connectivity index (χ0v) is 19.3. The van der Waals surface area contributed by atoms with Crippen molar-refractivity contribution in [2.45, 2.75) is 32.9 Å². The van der Waals surface area contributed by atoms with Gasteiger partial charge < -0.3 is 10.1 Å². The van der Waals surface area contributed by atoms with Gasteiger partial charge in [-0.15, -0.1) is 0 Å². The van der Waals surface area contributed by atoms with Gasteiger partial charge in [0, 0.05) is 16.6 Å². The molecule has 0 radical (unpaired) electrons. The fraction of sp³-hybridized carbons (Fsp3) is 0.185. The Hall–Kier alpha value is -3.57. The van der Waals surface area contributed by atoms with Gasteiger partial charge in [0.15, 0.2) is 11.5 Å². The number of halogens is 1. The Labute approximate surface area is 198 Å². The van der Waals surface area contributed by atoms with E-state index in [1.807, 2.05) is 62.4 Å². The molecular formula is C27H25ClN2O3. The number of carbonyl (C=O) groups is 2. The Morgan fingerprint density at radius 2 is 1.76 bits per heavy atom. The number of nitrogens with one attached hydrogen (secondary N) is 1. The molecule has 0 saturated carbocycles. The molecule has 3 aromatic rings. The third kappa shape index (κ3) is 5.26. The van der Waals surface area contributed by atoms with E-state index in [1.165, 1.54) is 0 Å². The Kier molecular flexibility index (Phi) is 6.80. The van der Waals surface area contributed by atoms with Crippen molar-refractivity contribution in [1.29, 1.82) is 0 Å². The van der Waals surface area contributed by atoms with Crippen molar-refractivity contribution in [2.75, 3.05) is 4.90 Å². The summed E-state index contributed by atoms with van der Waals surface area (Å²) in [6.07, 6.45) is 2.56. The maximum Gasteiger partial charge on any atom is 0.294 e. The molecule has 3 aromatic carbocycles. The van der Waals surface area contributed by atoms with Crippen LogP contribution in [-0.4, -0.2) is 17.9 Å². The van der Waals surface area contributed by atoms with Gasteiger partial charge >= 0.3 is 0 Å². The lowest BCUT2D eigenvalue weighted by atomic mass is 10.1. The minimum atomic E-state index is -0.234. The number of para-hydroxylation sites is 2. The van der Waals surface area contributed by atoms with Crippen molar-refractivity contribution in [3.63, 3.8) is 0 Å². The molecule has 0 bridgehead atoms. The molecule has 1 atom stereocenters. The van der Waals surface area contributed by atoms with Crippen LogP contribution in [0, 0.1) is 0 Å². The smallest absolute Gasteiger partial charge is 0.294 e. The zero-order valence-electron chi connectivity index (χ0n) is 18.5. The summed E-state index contributed by atoms with van der Waals surface area (Å²) in [5, 5.41) is 3.60. The van der Waals surface area contributed by atoms with Crippen LogP contribution in [0.1, 0.15) is 41.8 Å². The van der Waals surface area contributed by atoms with Gasteiger partial charge in [0.1, 0.15) is 0 Å². The van der Waals surface area contributed by atoms with Crippen LogP contribution in [0.4, 0.5) is 5.69 Å². The third-order valence-electron chi connectivity index (χ3n) is 5.55. The highest BCUT2D eigenvalue weighted by atomic mass is 35.5. The first-order valence-electron chi connectivity index (χ1n) is 10.9. The molecule has 0 aliphatic carbocycles. The molecular weight excluding hydrogens is 436 g/mol. The largest absolute Gasteiger partial charge is 0.449 e. The number of amides is 2. The van der Waals surface area contributed by atoms with Gasteiger partial charge in [-0.2, -0.15) is 0 Å². The molecule has 1 heterocycles. The normalized spacial score (nSPS) is 15.1. The van der Waals surface area contributed by atoms with Gasteiger partial charge in [-0.05, 0) is 66.9 Å². The first kappa shape index (κ1) is 22.6. The second-order valence-electron chi connectivity index (χ2n) is 8.00. The number of benzene rings is 3. The predicted molar refractivity (Wildman–Crippen MR) is 131 cm³/mol. The van der Waals surface area contributed by atoms with Crippen LogP contribution in [0.15, 0.2) is 78.6 Å². The number of nitrogens with zero attached hydrogens (tertiary/aromatic N) is 1. The van der Waals surface area contributed by atoms with Gasteiger partial charge in [-0.3, -0.25) is 14.5 Å². The highest BCUT2D eigenvalue weighted by Crippen LogP contribution is 2.36. The Morgan fingerprint density at radius 3 is 2.45 bits per heavy atom. The van der Waals surface area contributed by atoms with E-state index in [-0.39, 0.29) is 23.6 Å². The molecule has 4 rings (SSSR count). The fourth-order valence-electron chi connectivity index (χ4n) is 3.48. The second-order valence-corrected chi connectivity index (χ2v) is 8.44. The SMILES string of the molecule is CC[C@@H](C)NC(=O)c1ccc(/C=C2\Oc3ccccc3N(Cc3ccc(Cl)cc3)C2=O)cc1. The summed E-state index contributed by atoms with van der Waals surface area (Å²) < 4.78 is 5.95. The number of anilines is 1. The first-order valence-corrected chi connectivity index (χ1v) is 11.3. The average Bonchev–Trinajstić information content (AvgIpc) is 2.83. The molecule has 33 heavy (non-hydrogen) atoms. The fourth-order valence-corrected chi connectivity index (χ4v) is 3.61. The van der Waals surface area contributed by atoms with Crippen molar-refractivity contribution in [3.05, 3.63) is 100 Å². The second kappa shape index (κ2) is 9.92. The lowest BCUT2D eigenvalue weighted by Crippen LogP contribution is -2.36. The summed E-state index contributed by atoms with van der Waals surface area (Å²) in [6.45, 7) is 4.38. The number of hydrogen-bond acceptors (Lipinski definition) is 3. The molecule has 168 valence electrons. The summed E-state index contributed by atoms with van der Waals surface area (Å²) in [7, 11) is 0. The Morgan fingerprint density at radius 1 is 1.06 bits per heavy atom. The summed E-state index contributed by atoms with van der Waals surface area (Å²) in [5.74, 6) is 0.486. The highest BCUT2D eigenvalue weighted by Gasteiger charge is 2.30. The summed E-state index contributed by atoms with van der Waals surface area (Å²) >= 11 is 6.01. The molecule has 5 nitrogen and oxygen atoms in total. The van der Waals surface area contributed by atoms with Crippen LogP contribution in [0.2, 0.25) is 5.02 Å². The highest BCUT2D eigenvalue weighted by molar-refractivity contribution is 6.30. The van der Waals surface area contributed by atoms with Crippen molar-refractivity contribution in [2.24, 2.45) is 0 Å². The van der Waals surface area contributed by atoms with Crippen molar-refractivity contribution in [1.82, 2.24) is 5.32 Å². The lowest BCUT2D eigenvalue weighted by Gasteiger charge is -2.30. The van der Waals surface area contributed by atoms with E-state index in [2.05, 4.69) is 5.32 Å². The molecule has 0 unspecified atom stereocenters. The molecule has 2 amide bonds. The molecule has 6 heteroatoms. The van der Waals surface area contributed by atoms with Crippen molar-refractivity contribution in [3.8, 4) is 5.75 Å². The van der Waals surface area contributed by atoms with E-state index in [0.29, 0.717) is 28.6 Å². The van der Waals surface area contributed by atoms with Crippen LogP contribution in [-0.2, 0) is 11.3 Å². The topological polar surface area (TPSA) is 58.6 Å². The van der Waals surface area contributed by atoms with Gasteiger partial charge in [0.2, 0.25) is 0 Å². The molecule has 0 spiro atoms. The van der Waals surface area contributed by atoms with E-state index >= 15 is 0 Å². The van der Waals surface area contributed by atoms with Gasteiger partial charge in [-0.25, -0.2) is 0 Å². The average molecular weight is 461 g/mol. The predicted octanol–water partition coefficient (Wildman–Crippen LogP) is 5.84. The quantitative estimate of drug-likeness (QED) is 0.470. The first-order chi connectivity index (χ1) is 15.9. The van der Waals surface area contributed by atoms with Crippen LogP contribution >= 0.6 is 11.6 Å². The van der Waals surface area contributed by atoms with Gasteiger partial charge in [-0.1, -0.05) is 54.9 Å². The Balaban J connectivity index is 1.59. The monoisotopic (exact) mass is 460 g/mol. The number of hydrogen-bond donors (Lipinski definition) is 1. The maximum absolute atomic E-state index is 13.3. The van der Waals surface area contributed by atoms with E-state index in [1.54, 1.807) is 35.2 Å². The van der Waals surface area contributed by atoms with E-state index < -0.39 is 0 Å². The molecule has 1 N–H and O–H groups in total. The minimum absolute atomic E-state index is 0.110. The number of ether oxygens (including phenoxy) is 1. The summed E-state index contributed by atoms with van der Waals surface area (Å²) in [5.41, 5.74) is 3.01. The lowest BCUT2D eigenvalue weighted by molar-refractivity contribution is -0.117. The third-order valence-corrected chi connectivity index (χ3v) is 5.80. The standard InChI is InChI=1S/C27H25ClN2O3/c1-3-18(2)29-26(31)21-12-8-19(9-13-21)16-25-27(32)30(17-20-10-14-22(28)15-11-20)23-6-4-5-7-24(23)33-25/h4-16,18H,3,17H2,1-2H3,(H,29,31)/b25-16-/t18-/m1/s1. The molecule has 0 aromatic heterocycles. The van der Waals surface area contributed by atoms with Crippen LogP contribution in [0.5, 0.6) is 5.75 Å². The van der Waals surface area contributed by atoms with E-state index in [9.17, 15) is 9.59 Å². The zero-order chi connectivity index (χ0) is 23.4. The maximum atomic E-state index is 13.3. The number of fused-ring (bicyclic) bond motifs is 1. The van der Waals surface area contributed by atoms with Gasteiger partial charge in [0.05, 0.1) is 12.2 Å². The Bertz CT molecular complexity index is 1190. The summed E-state index contributed by atoms with van der Waals surface area (Å²) in [6, 6.07) is 22.1. The van der Waals surface area contributed by atoms with Crippen molar-refractivity contribution < 1.29 is 14.3 Å². The number of rotatable bonds is 6. The van der Waals surface area contributed by atoms with Crippen LogP contribution in [0.25, 0.3) is 6.08 Å². The molecule has 1 aliphatic rings. The van der Waals surface area contributed by atoms with E-state index in [0.717, 1.165) is 17.5 Å². The van der Waals surface area contributed by atoms with Gasteiger partial charge in [0.25, 0.3) is 11.8 Å².